The number of carbonyl (C=O) groups excluding carboxylic acids is 3. The number of nitrogens with zero attached hydrogens (tertiary/aromatic N) is 1. The first kappa shape index (κ1) is 35.6. The summed E-state index contributed by atoms with van der Waals surface area (Å²) in [5, 5.41) is 16.1. The molecule has 0 bridgehead atoms. The summed E-state index contributed by atoms with van der Waals surface area (Å²) in [5.41, 5.74) is 0.765. The minimum Gasteiger partial charge on any atom is -0.508 e. The monoisotopic (exact) mass is 595 g/mol. The zero-order valence-corrected chi connectivity index (χ0v) is 27.5. The molecule has 0 saturated heterocycles. The van der Waals surface area contributed by atoms with Crippen molar-refractivity contribution in [2.45, 2.75) is 124 Å². The number of nitrogens with one attached hydrogen (secondary N) is 2. The summed E-state index contributed by atoms with van der Waals surface area (Å²) in [4.78, 5) is 43.1. The number of ether oxygens (including phenoxy) is 1. The van der Waals surface area contributed by atoms with Gasteiger partial charge in [0.15, 0.2) is 0 Å². The molecule has 0 aliphatic carbocycles. The first-order chi connectivity index (χ1) is 20.1. The van der Waals surface area contributed by atoms with Crippen LogP contribution in [0.15, 0.2) is 48.5 Å². The van der Waals surface area contributed by atoms with E-state index in [1.54, 1.807) is 50.8 Å². The lowest BCUT2D eigenvalue weighted by Crippen LogP contribution is -2.55. The Kier molecular flexibility index (Phi) is 13.5. The first-order valence-corrected chi connectivity index (χ1v) is 15.6. The molecule has 0 aliphatic heterocycles. The Labute approximate surface area is 258 Å². The SMILES string of the molecule is CCCCCCCCN(C(=O)C(Cc1ccccc1)NC(=O)OC(C)(C)C)C(C(=O)NC(C)(C)C)c1ccc(O)c(C)c1. The van der Waals surface area contributed by atoms with Crippen LogP contribution in [0, 0.1) is 6.92 Å². The van der Waals surface area contributed by atoms with E-state index < -0.39 is 29.3 Å². The minimum atomic E-state index is -0.972. The van der Waals surface area contributed by atoms with Crippen molar-refractivity contribution in [3.8, 4) is 5.75 Å². The van der Waals surface area contributed by atoms with Crippen molar-refractivity contribution in [3.63, 3.8) is 0 Å². The van der Waals surface area contributed by atoms with Crippen LogP contribution in [-0.2, 0) is 20.7 Å². The van der Waals surface area contributed by atoms with E-state index in [-0.39, 0.29) is 24.0 Å². The summed E-state index contributed by atoms with van der Waals surface area (Å²) >= 11 is 0. The highest BCUT2D eigenvalue weighted by molar-refractivity contribution is 5.92. The second-order valence-corrected chi connectivity index (χ2v) is 13.4. The van der Waals surface area contributed by atoms with Crippen molar-refractivity contribution in [1.82, 2.24) is 15.5 Å². The van der Waals surface area contributed by atoms with Gasteiger partial charge in [-0.2, -0.15) is 0 Å². The summed E-state index contributed by atoms with van der Waals surface area (Å²) < 4.78 is 5.53. The fourth-order valence-electron chi connectivity index (χ4n) is 4.89. The van der Waals surface area contributed by atoms with Gasteiger partial charge in [-0.05, 0) is 83.7 Å². The molecule has 3 N–H and O–H groups in total. The molecule has 0 fully saturated rings. The molecule has 2 atom stereocenters. The van der Waals surface area contributed by atoms with Gasteiger partial charge in [-0.3, -0.25) is 9.59 Å². The Morgan fingerprint density at radius 3 is 2.12 bits per heavy atom. The molecular formula is C35H53N3O5. The highest BCUT2D eigenvalue weighted by Crippen LogP contribution is 2.28. The van der Waals surface area contributed by atoms with Crippen LogP contribution in [0.3, 0.4) is 0 Å². The van der Waals surface area contributed by atoms with Gasteiger partial charge in [-0.15, -0.1) is 0 Å². The molecule has 8 nitrogen and oxygen atoms in total. The van der Waals surface area contributed by atoms with E-state index in [0.29, 0.717) is 24.1 Å². The Morgan fingerprint density at radius 1 is 0.907 bits per heavy atom. The quantitative estimate of drug-likeness (QED) is 0.204. The summed E-state index contributed by atoms with van der Waals surface area (Å²) in [7, 11) is 0. The number of aromatic hydroxyl groups is 1. The third kappa shape index (κ3) is 12.7. The molecule has 2 aromatic rings. The topological polar surface area (TPSA) is 108 Å². The number of rotatable bonds is 14. The third-order valence-corrected chi connectivity index (χ3v) is 6.90. The van der Waals surface area contributed by atoms with Gasteiger partial charge in [0.25, 0.3) is 0 Å². The summed E-state index contributed by atoms with van der Waals surface area (Å²) in [5.74, 6) is -0.586. The smallest absolute Gasteiger partial charge is 0.408 e. The number of benzene rings is 2. The number of aryl methyl sites for hydroxylation is 1. The number of carbonyl (C=O) groups is 3. The van der Waals surface area contributed by atoms with Crippen LogP contribution >= 0.6 is 0 Å². The van der Waals surface area contributed by atoms with Crippen molar-refractivity contribution in [1.29, 1.82) is 0 Å². The van der Waals surface area contributed by atoms with Crippen molar-refractivity contribution in [2.24, 2.45) is 0 Å². The number of hydrogen-bond donors (Lipinski definition) is 3. The Hall–Kier alpha value is -3.55. The Balaban J connectivity index is 2.57. The average Bonchev–Trinajstić information content (AvgIpc) is 2.89. The maximum absolute atomic E-state index is 14.6. The number of phenols is 1. The number of alkyl carbamates (subject to hydrolysis) is 1. The molecule has 2 unspecified atom stereocenters. The van der Waals surface area contributed by atoms with Crippen molar-refractivity contribution < 1.29 is 24.2 Å². The fourth-order valence-corrected chi connectivity index (χ4v) is 4.89. The second kappa shape index (κ2) is 16.3. The molecule has 0 spiro atoms. The number of phenolic OH excluding ortho intramolecular Hbond substituents is 1. The van der Waals surface area contributed by atoms with Crippen LogP contribution in [-0.4, -0.2) is 51.6 Å². The number of amides is 3. The van der Waals surface area contributed by atoms with Gasteiger partial charge >= 0.3 is 6.09 Å². The molecule has 2 aromatic carbocycles. The van der Waals surface area contributed by atoms with E-state index in [1.807, 2.05) is 51.1 Å². The zero-order valence-electron chi connectivity index (χ0n) is 27.5. The molecule has 0 radical (unpaired) electrons. The maximum atomic E-state index is 14.6. The van der Waals surface area contributed by atoms with Gasteiger partial charge in [0.2, 0.25) is 11.8 Å². The van der Waals surface area contributed by atoms with E-state index in [9.17, 15) is 19.5 Å². The van der Waals surface area contributed by atoms with Gasteiger partial charge in [-0.1, -0.05) is 75.4 Å². The van der Waals surface area contributed by atoms with Gasteiger partial charge in [0.1, 0.15) is 23.4 Å². The number of hydrogen-bond acceptors (Lipinski definition) is 5. The highest BCUT2D eigenvalue weighted by Gasteiger charge is 2.37. The summed E-state index contributed by atoms with van der Waals surface area (Å²) in [6.07, 6.45) is 5.60. The molecule has 0 saturated carbocycles. The molecule has 8 heteroatoms. The summed E-state index contributed by atoms with van der Waals surface area (Å²) in [6, 6.07) is 12.5. The van der Waals surface area contributed by atoms with E-state index in [1.165, 1.54) is 0 Å². The number of unbranched alkanes of at least 4 members (excludes halogenated alkanes) is 5. The van der Waals surface area contributed by atoms with Crippen LogP contribution < -0.4 is 10.6 Å². The first-order valence-electron chi connectivity index (χ1n) is 15.6. The van der Waals surface area contributed by atoms with Crippen molar-refractivity contribution >= 4 is 17.9 Å². The molecule has 3 amide bonds. The minimum absolute atomic E-state index is 0.112. The van der Waals surface area contributed by atoms with Gasteiger partial charge in [0, 0.05) is 18.5 Å². The lowest BCUT2D eigenvalue weighted by Gasteiger charge is -2.36. The lowest BCUT2D eigenvalue weighted by atomic mass is 9.97. The van der Waals surface area contributed by atoms with Crippen LogP contribution in [0.25, 0.3) is 0 Å². The molecule has 0 heterocycles. The fraction of sp³-hybridized carbons (Fsp3) is 0.571. The molecule has 43 heavy (non-hydrogen) atoms. The van der Waals surface area contributed by atoms with Crippen LogP contribution in [0.1, 0.15) is 110 Å². The maximum Gasteiger partial charge on any atom is 0.408 e. The van der Waals surface area contributed by atoms with Crippen molar-refractivity contribution in [3.05, 3.63) is 65.2 Å². The predicted molar refractivity (Wildman–Crippen MR) is 172 cm³/mol. The molecule has 2 rings (SSSR count). The largest absolute Gasteiger partial charge is 0.508 e. The molecular weight excluding hydrogens is 542 g/mol. The van der Waals surface area contributed by atoms with Crippen LogP contribution in [0.5, 0.6) is 5.75 Å². The average molecular weight is 596 g/mol. The van der Waals surface area contributed by atoms with E-state index in [2.05, 4.69) is 17.6 Å². The van der Waals surface area contributed by atoms with Gasteiger partial charge < -0.3 is 25.4 Å². The van der Waals surface area contributed by atoms with E-state index in [0.717, 1.165) is 37.7 Å². The van der Waals surface area contributed by atoms with Gasteiger partial charge in [0.05, 0.1) is 0 Å². The molecule has 0 aliphatic rings. The van der Waals surface area contributed by atoms with Crippen LogP contribution in [0.2, 0.25) is 0 Å². The highest BCUT2D eigenvalue weighted by atomic mass is 16.6. The Bertz CT molecular complexity index is 1180. The van der Waals surface area contributed by atoms with Crippen molar-refractivity contribution in [2.75, 3.05) is 6.54 Å². The van der Waals surface area contributed by atoms with E-state index in [4.69, 9.17) is 4.74 Å². The lowest BCUT2D eigenvalue weighted by molar-refractivity contribution is -0.143. The third-order valence-electron chi connectivity index (χ3n) is 6.90. The summed E-state index contributed by atoms with van der Waals surface area (Å²) in [6.45, 7) is 15.3. The Morgan fingerprint density at radius 2 is 1.53 bits per heavy atom. The van der Waals surface area contributed by atoms with E-state index >= 15 is 0 Å². The second-order valence-electron chi connectivity index (χ2n) is 13.4. The van der Waals surface area contributed by atoms with Gasteiger partial charge in [-0.25, -0.2) is 4.79 Å². The normalized spacial score (nSPS) is 13.1. The predicted octanol–water partition coefficient (Wildman–Crippen LogP) is 6.98. The molecule has 0 aromatic heterocycles. The molecule has 238 valence electrons. The zero-order chi connectivity index (χ0) is 32.2. The van der Waals surface area contributed by atoms with Crippen LogP contribution in [0.4, 0.5) is 4.79 Å². The standard InChI is InChI=1S/C35H53N3O5/c1-9-10-11-12-13-17-22-38(30(31(40)37-34(3,4)5)27-20-21-29(39)25(2)23-27)32(41)28(24-26-18-15-14-16-19-26)36-33(42)43-35(6,7)8/h14-16,18-21,23,28,30,39H,9-13,17,22,24H2,1-8H3,(H,36,42)(H,37,40).